The molecule has 60 valence electrons. The standard InChI is InChI=1S/Al.FH.6H2O.2H/h;1H;6*1H2;;/q+1;;;;;;;;;/p-1. The monoisotopic (exact) mass is 156 g/mol. The zero-order valence-electron chi connectivity index (χ0n) is 4.38. The van der Waals surface area contributed by atoms with Gasteiger partial charge >= 0.3 is 16.7 Å². The van der Waals surface area contributed by atoms with Crippen molar-refractivity contribution in [1.82, 2.24) is 0 Å². The summed E-state index contributed by atoms with van der Waals surface area (Å²) in [5.41, 5.74) is 0. The third-order valence-corrected chi connectivity index (χ3v) is 0. The highest BCUT2D eigenvalue weighted by atomic mass is 27.1. The topological polar surface area (TPSA) is 189 Å². The van der Waals surface area contributed by atoms with Crippen molar-refractivity contribution in [3.8, 4) is 0 Å². The number of halogens is 1. The Bertz CT molecular complexity index is 8.49. The summed E-state index contributed by atoms with van der Waals surface area (Å²) in [5.74, 6) is 0. The molecule has 0 aliphatic heterocycles. The summed E-state index contributed by atoms with van der Waals surface area (Å²) in [6.07, 6.45) is 0. The van der Waals surface area contributed by atoms with Gasteiger partial charge in [-0.15, -0.1) is 0 Å². The van der Waals surface area contributed by atoms with E-state index < -0.39 is 0 Å². The molecule has 0 amide bonds. The van der Waals surface area contributed by atoms with Crippen LogP contribution in [0.25, 0.3) is 0 Å². The molecular formula is H14AlFO6. The first-order chi connectivity index (χ1) is 1.00. The van der Waals surface area contributed by atoms with Gasteiger partial charge < -0.3 is 36.4 Å². The van der Waals surface area contributed by atoms with Crippen molar-refractivity contribution in [1.29, 1.82) is 0 Å². The van der Waals surface area contributed by atoms with Crippen LogP contribution in [0.3, 0.4) is 0 Å². The van der Waals surface area contributed by atoms with Gasteiger partial charge in [0.15, 0.2) is 0 Å². The third-order valence-electron chi connectivity index (χ3n) is 0. The maximum atomic E-state index is 9.64. The Morgan fingerprint density at radius 3 is 0.500 bits per heavy atom. The Kier molecular flexibility index (Phi) is 203000. The van der Waals surface area contributed by atoms with Gasteiger partial charge in [0.25, 0.3) is 0 Å². The minimum Gasteiger partial charge on any atom is -0.430 e. The lowest BCUT2D eigenvalue weighted by Crippen LogP contribution is -1.06. The molecule has 8 heavy (non-hydrogen) atoms. The molecule has 0 aromatic heterocycles. The van der Waals surface area contributed by atoms with Crippen molar-refractivity contribution >= 4 is 16.7 Å². The van der Waals surface area contributed by atoms with Crippen molar-refractivity contribution in [3.05, 3.63) is 0 Å². The van der Waals surface area contributed by atoms with Crippen molar-refractivity contribution in [2.45, 2.75) is 0 Å². The molecule has 0 fully saturated rings. The van der Waals surface area contributed by atoms with E-state index in [1.807, 2.05) is 0 Å². The highest BCUT2D eigenvalue weighted by Crippen LogP contribution is 1.10. The largest absolute Gasteiger partial charge is 0.472 e. The molecule has 0 rings (SSSR count). The summed E-state index contributed by atoms with van der Waals surface area (Å²) >= 11 is -0.194. The van der Waals surface area contributed by atoms with Crippen LogP contribution in [0.1, 0.15) is 0 Å². The van der Waals surface area contributed by atoms with Gasteiger partial charge in [0, 0.05) is 0 Å². The lowest BCUT2D eigenvalue weighted by atomic mass is 16.0. The van der Waals surface area contributed by atoms with Crippen LogP contribution in [-0.4, -0.2) is 49.6 Å². The van der Waals surface area contributed by atoms with E-state index >= 15 is 0 Å². The molecule has 0 atom stereocenters. The molecule has 0 unspecified atom stereocenters. The first-order valence-corrected chi connectivity index (χ1v) is 1.13. The molecule has 0 saturated carbocycles. The van der Waals surface area contributed by atoms with E-state index in [1.54, 1.807) is 0 Å². The quantitative estimate of drug-likeness (QED) is 0.302. The van der Waals surface area contributed by atoms with Gasteiger partial charge in [-0.05, 0) is 0 Å². The maximum Gasteiger partial charge on any atom is 0.472 e. The van der Waals surface area contributed by atoms with Crippen LogP contribution in [0.5, 0.6) is 0 Å². The number of rotatable bonds is 0. The first-order valence-electron chi connectivity index (χ1n) is 0.378. The molecule has 0 aromatic carbocycles. The number of hydrogen-bond acceptors (Lipinski definition) is 0. The van der Waals surface area contributed by atoms with Gasteiger partial charge in [0.2, 0.25) is 0 Å². The van der Waals surface area contributed by atoms with Gasteiger partial charge in [-0.2, -0.15) is 0 Å². The Balaban J connectivity index is -0.000000000333. The normalized spacial score (nSPS) is 0.625. The van der Waals surface area contributed by atoms with Crippen LogP contribution in [0.15, 0.2) is 0 Å². The van der Waals surface area contributed by atoms with Crippen LogP contribution in [0.4, 0.5) is 3.52 Å². The van der Waals surface area contributed by atoms with E-state index in [2.05, 4.69) is 0 Å². The van der Waals surface area contributed by atoms with Gasteiger partial charge in [0.1, 0.15) is 0 Å². The predicted octanol–water partition coefficient (Wildman–Crippen LogP) is -5.44. The van der Waals surface area contributed by atoms with Crippen LogP contribution in [-0.2, 0) is 0 Å². The van der Waals surface area contributed by atoms with Gasteiger partial charge in [0.05, 0.1) is 0 Å². The average molecular weight is 156 g/mol. The SMILES string of the molecule is O.O.O.O.O.O.[F][AlH2]. The third kappa shape index (κ3) is 3430. The molecule has 0 aliphatic rings. The molecule has 0 aromatic rings. The highest BCUT2D eigenvalue weighted by Gasteiger charge is 1.12. The molecule has 0 radical (unpaired) electrons. The van der Waals surface area contributed by atoms with Crippen LogP contribution in [0, 0.1) is 0 Å². The summed E-state index contributed by atoms with van der Waals surface area (Å²) in [6.45, 7) is 0. The van der Waals surface area contributed by atoms with E-state index in [4.69, 9.17) is 0 Å². The second-order valence-corrected chi connectivity index (χ2v) is 0. The summed E-state index contributed by atoms with van der Waals surface area (Å²) in [5, 5.41) is 0. The zero-order valence-corrected chi connectivity index (χ0v) is 6.38. The van der Waals surface area contributed by atoms with Crippen molar-refractivity contribution < 1.29 is 36.4 Å². The first kappa shape index (κ1) is 287. The minimum absolute atomic E-state index is 0. The lowest BCUT2D eigenvalue weighted by Gasteiger charge is -1.08. The predicted molar refractivity (Wildman–Crippen MR) is 31.3 cm³/mol. The molecule has 0 saturated heterocycles. The number of hydrogen-bond donors (Lipinski definition) is 0. The molecule has 0 heterocycles. The fraction of sp³-hybridized carbons (Fsp3) is 0. The fourth-order valence-corrected chi connectivity index (χ4v) is 0. The van der Waals surface area contributed by atoms with Crippen molar-refractivity contribution in [3.63, 3.8) is 0 Å². The van der Waals surface area contributed by atoms with E-state index in [9.17, 15) is 3.52 Å². The maximum absolute atomic E-state index is 9.64. The second-order valence-electron chi connectivity index (χ2n) is 0. The molecule has 0 spiro atoms. The van der Waals surface area contributed by atoms with E-state index in [-0.39, 0.29) is 49.6 Å². The van der Waals surface area contributed by atoms with Crippen LogP contribution < -0.4 is 0 Å². The molecule has 12 N–H and O–H groups in total. The van der Waals surface area contributed by atoms with Crippen LogP contribution in [0.2, 0.25) is 0 Å². The summed E-state index contributed by atoms with van der Waals surface area (Å²) < 4.78 is 9.64. The molecule has 6 nitrogen and oxygen atoms in total. The van der Waals surface area contributed by atoms with E-state index in [0.29, 0.717) is 0 Å². The van der Waals surface area contributed by atoms with Gasteiger partial charge in [-0.3, -0.25) is 0 Å². The van der Waals surface area contributed by atoms with Crippen molar-refractivity contribution in [2.75, 3.05) is 0 Å². The molecule has 0 aliphatic carbocycles. The van der Waals surface area contributed by atoms with Crippen LogP contribution >= 0.6 is 0 Å². The second kappa shape index (κ2) is 5650. The minimum atomic E-state index is -0.194. The summed E-state index contributed by atoms with van der Waals surface area (Å²) in [7, 11) is 0. The lowest BCUT2D eigenvalue weighted by molar-refractivity contribution is 0.823. The summed E-state index contributed by atoms with van der Waals surface area (Å²) in [6, 6.07) is 0. The Hall–Kier alpha value is 0.222. The van der Waals surface area contributed by atoms with E-state index in [0.717, 1.165) is 0 Å². The molecular weight excluding hydrogens is 142 g/mol. The van der Waals surface area contributed by atoms with Crippen molar-refractivity contribution in [2.24, 2.45) is 0 Å². The smallest absolute Gasteiger partial charge is 0.430 e. The zero-order chi connectivity index (χ0) is 2.00. The van der Waals surface area contributed by atoms with Gasteiger partial charge in [-0.1, -0.05) is 0 Å². The molecule has 0 bridgehead atoms. The fourth-order valence-electron chi connectivity index (χ4n) is 0. The summed E-state index contributed by atoms with van der Waals surface area (Å²) in [4.78, 5) is 0. The highest BCUT2D eigenvalue weighted by molar-refractivity contribution is 5.96. The Labute approximate surface area is 54.1 Å². The Morgan fingerprint density at radius 2 is 0.500 bits per heavy atom. The average Bonchev–Trinajstić information content (AvgIpc) is 1.00. The van der Waals surface area contributed by atoms with E-state index in [1.165, 1.54) is 0 Å². The molecule has 8 heteroatoms. The van der Waals surface area contributed by atoms with Gasteiger partial charge in [-0.25, -0.2) is 0 Å². The Morgan fingerprint density at radius 1 is 0.500 bits per heavy atom.